The monoisotopic (exact) mass is 381 g/mol. The fourth-order valence-corrected chi connectivity index (χ4v) is 3.14. The molecule has 7 heteroatoms. The lowest BCUT2D eigenvalue weighted by Crippen LogP contribution is -2.28. The van der Waals surface area contributed by atoms with Gasteiger partial charge in [0.2, 0.25) is 0 Å². The molecular formula is C21H27N5O2. The van der Waals surface area contributed by atoms with Crippen LogP contribution in [-0.2, 0) is 7.05 Å². The molecule has 0 amide bonds. The molecule has 148 valence electrons. The van der Waals surface area contributed by atoms with Gasteiger partial charge in [0, 0.05) is 19.8 Å². The van der Waals surface area contributed by atoms with Crippen LogP contribution in [0.15, 0.2) is 47.4 Å². The van der Waals surface area contributed by atoms with Crippen molar-refractivity contribution in [3.8, 4) is 5.75 Å². The Hall–Kier alpha value is -2.93. The van der Waals surface area contributed by atoms with Crippen molar-refractivity contribution in [3.05, 3.63) is 58.5 Å². The summed E-state index contributed by atoms with van der Waals surface area (Å²) in [4.78, 5) is 18.8. The topological polar surface area (TPSA) is 72.3 Å². The first kappa shape index (κ1) is 19.8. The molecule has 0 fully saturated rings. The highest BCUT2D eigenvalue weighted by Crippen LogP contribution is 2.23. The molecule has 0 saturated carbocycles. The zero-order valence-corrected chi connectivity index (χ0v) is 17.0. The largest absolute Gasteiger partial charge is 0.491 e. The highest BCUT2D eigenvalue weighted by Gasteiger charge is 2.16. The van der Waals surface area contributed by atoms with Gasteiger partial charge in [0.1, 0.15) is 11.3 Å². The number of aryl methyl sites for hydroxylation is 1. The molecule has 0 aliphatic heterocycles. The third-order valence-corrected chi connectivity index (χ3v) is 4.53. The van der Waals surface area contributed by atoms with E-state index >= 15 is 0 Å². The van der Waals surface area contributed by atoms with Crippen LogP contribution in [0.5, 0.6) is 5.75 Å². The summed E-state index contributed by atoms with van der Waals surface area (Å²) in [5.41, 5.74) is 1.60. The Morgan fingerprint density at radius 1 is 1.18 bits per heavy atom. The fourth-order valence-electron chi connectivity index (χ4n) is 3.14. The van der Waals surface area contributed by atoms with Crippen molar-refractivity contribution in [1.29, 1.82) is 0 Å². The number of nitrogens with zero attached hydrogens (tertiary/aromatic N) is 4. The Labute approximate surface area is 165 Å². The molecule has 0 radical (unpaired) electrons. The summed E-state index contributed by atoms with van der Waals surface area (Å²) in [6.45, 7) is 4.65. The van der Waals surface area contributed by atoms with E-state index in [9.17, 15) is 4.79 Å². The number of rotatable bonds is 7. The van der Waals surface area contributed by atoms with Crippen LogP contribution in [0.4, 0.5) is 5.82 Å². The summed E-state index contributed by atoms with van der Waals surface area (Å²) in [6.07, 6.45) is 1.82. The first-order chi connectivity index (χ1) is 13.4. The molecule has 28 heavy (non-hydrogen) atoms. The molecule has 0 saturated heterocycles. The number of pyridine rings is 1. The first-order valence-corrected chi connectivity index (χ1v) is 9.35. The van der Waals surface area contributed by atoms with Gasteiger partial charge in [0.05, 0.1) is 17.5 Å². The van der Waals surface area contributed by atoms with E-state index in [4.69, 9.17) is 4.74 Å². The standard InChI is InChI=1S/C21H27N5O2/c1-14(2)28-16-10-8-15(9-11-16)18(25(3)4)13-23-20-19-17(7-6-12-22-19)21(27)26(5)24-20/h6-12,14,18H,13H2,1-5H3,(H,23,24). The maximum Gasteiger partial charge on any atom is 0.276 e. The lowest BCUT2D eigenvalue weighted by atomic mass is 10.1. The van der Waals surface area contributed by atoms with Gasteiger partial charge in [-0.25, -0.2) is 4.68 Å². The second kappa shape index (κ2) is 8.39. The van der Waals surface area contributed by atoms with Crippen LogP contribution in [0, 0.1) is 0 Å². The predicted octanol–water partition coefficient (Wildman–Crippen LogP) is 2.83. The number of anilines is 1. The Kier molecular flexibility index (Phi) is 5.94. The summed E-state index contributed by atoms with van der Waals surface area (Å²) in [5, 5.41) is 8.30. The van der Waals surface area contributed by atoms with E-state index in [1.54, 1.807) is 25.4 Å². The quantitative estimate of drug-likeness (QED) is 0.679. The molecule has 0 aliphatic rings. The van der Waals surface area contributed by atoms with Crippen molar-refractivity contribution >= 4 is 16.7 Å². The minimum atomic E-state index is -0.154. The van der Waals surface area contributed by atoms with Gasteiger partial charge in [-0.1, -0.05) is 12.1 Å². The molecule has 7 nitrogen and oxygen atoms in total. The average molecular weight is 381 g/mol. The summed E-state index contributed by atoms with van der Waals surface area (Å²) in [6, 6.07) is 11.8. The Balaban J connectivity index is 1.84. The molecule has 1 unspecified atom stereocenters. The molecule has 3 rings (SSSR count). The van der Waals surface area contributed by atoms with Crippen molar-refractivity contribution in [2.45, 2.75) is 26.0 Å². The van der Waals surface area contributed by atoms with E-state index in [1.807, 2.05) is 40.1 Å². The van der Waals surface area contributed by atoms with Gasteiger partial charge in [-0.2, -0.15) is 5.10 Å². The molecule has 0 aliphatic carbocycles. The van der Waals surface area contributed by atoms with Crippen molar-refractivity contribution in [2.75, 3.05) is 26.0 Å². The van der Waals surface area contributed by atoms with Crippen molar-refractivity contribution in [1.82, 2.24) is 19.7 Å². The fraction of sp³-hybridized carbons (Fsp3) is 0.381. The Morgan fingerprint density at radius 2 is 1.89 bits per heavy atom. The zero-order valence-electron chi connectivity index (χ0n) is 17.0. The van der Waals surface area contributed by atoms with Crippen molar-refractivity contribution in [3.63, 3.8) is 0 Å². The summed E-state index contributed by atoms with van der Waals surface area (Å²) >= 11 is 0. The van der Waals surface area contributed by atoms with Crippen LogP contribution in [0.2, 0.25) is 0 Å². The molecule has 0 spiro atoms. The van der Waals surface area contributed by atoms with Crippen LogP contribution in [0.25, 0.3) is 10.9 Å². The molecule has 2 aromatic heterocycles. The van der Waals surface area contributed by atoms with Crippen LogP contribution in [0.1, 0.15) is 25.5 Å². The minimum Gasteiger partial charge on any atom is -0.491 e. The lowest BCUT2D eigenvalue weighted by molar-refractivity contribution is 0.242. The van der Waals surface area contributed by atoms with Crippen molar-refractivity contribution in [2.24, 2.45) is 7.05 Å². The van der Waals surface area contributed by atoms with E-state index in [-0.39, 0.29) is 17.7 Å². The number of likely N-dealkylation sites (N-methyl/N-ethyl adjacent to an activating group) is 1. The number of aromatic nitrogens is 3. The normalized spacial score (nSPS) is 12.5. The molecule has 0 bridgehead atoms. The average Bonchev–Trinajstić information content (AvgIpc) is 2.66. The molecule has 1 atom stereocenters. The second-order valence-corrected chi connectivity index (χ2v) is 7.27. The van der Waals surface area contributed by atoms with Gasteiger partial charge in [-0.3, -0.25) is 9.78 Å². The van der Waals surface area contributed by atoms with Gasteiger partial charge in [0.15, 0.2) is 5.82 Å². The Bertz CT molecular complexity index is 996. The highest BCUT2D eigenvalue weighted by atomic mass is 16.5. The van der Waals surface area contributed by atoms with E-state index < -0.39 is 0 Å². The summed E-state index contributed by atoms with van der Waals surface area (Å²) in [5.74, 6) is 1.46. The molecule has 1 N–H and O–H groups in total. The number of hydrogen-bond donors (Lipinski definition) is 1. The van der Waals surface area contributed by atoms with E-state index in [0.717, 1.165) is 11.3 Å². The minimum absolute atomic E-state index is 0.117. The molecule has 2 heterocycles. The summed E-state index contributed by atoms with van der Waals surface area (Å²) < 4.78 is 7.07. The number of nitrogens with one attached hydrogen (secondary N) is 1. The smallest absolute Gasteiger partial charge is 0.276 e. The Morgan fingerprint density at radius 3 is 2.54 bits per heavy atom. The summed E-state index contributed by atoms with van der Waals surface area (Å²) in [7, 11) is 5.72. The predicted molar refractivity (Wildman–Crippen MR) is 112 cm³/mol. The zero-order chi connectivity index (χ0) is 20.3. The molecule has 3 aromatic rings. The van der Waals surface area contributed by atoms with Gasteiger partial charge < -0.3 is 15.0 Å². The number of benzene rings is 1. The lowest BCUT2D eigenvalue weighted by Gasteiger charge is -2.26. The second-order valence-electron chi connectivity index (χ2n) is 7.27. The molecular weight excluding hydrogens is 354 g/mol. The maximum atomic E-state index is 12.3. The van der Waals surface area contributed by atoms with E-state index in [0.29, 0.717) is 23.3 Å². The number of hydrogen-bond acceptors (Lipinski definition) is 6. The van der Waals surface area contributed by atoms with Crippen LogP contribution in [0.3, 0.4) is 0 Å². The molecule has 1 aromatic carbocycles. The van der Waals surface area contributed by atoms with Crippen LogP contribution < -0.4 is 15.6 Å². The van der Waals surface area contributed by atoms with Crippen LogP contribution in [-0.4, -0.2) is 46.4 Å². The first-order valence-electron chi connectivity index (χ1n) is 9.35. The van der Waals surface area contributed by atoms with Gasteiger partial charge in [-0.05, 0) is 57.8 Å². The highest BCUT2D eigenvalue weighted by molar-refractivity contribution is 5.86. The third kappa shape index (κ3) is 4.31. The van der Waals surface area contributed by atoms with E-state index in [2.05, 4.69) is 32.4 Å². The number of fused-ring (bicyclic) bond motifs is 1. The van der Waals surface area contributed by atoms with Gasteiger partial charge >= 0.3 is 0 Å². The van der Waals surface area contributed by atoms with Crippen LogP contribution >= 0.6 is 0 Å². The maximum absolute atomic E-state index is 12.3. The van der Waals surface area contributed by atoms with Gasteiger partial charge in [0.25, 0.3) is 5.56 Å². The van der Waals surface area contributed by atoms with Crippen molar-refractivity contribution < 1.29 is 4.74 Å². The number of ether oxygens (including phenoxy) is 1. The third-order valence-electron chi connectivity index (χ3n) is 4.53. The SMILES string of the molecule is CC(C)Oc1ccc(C(CNc2nn(C)c(=O)c3cccnc23)N(C)C)cc1. The van der Waals surface area contributed by atoms with Gasteiger partial charge in [-0.15, -0.1) is 0 Å². The van der Waals surface area contributed by atoms with E-state index in [1.165, 1.54) is 4.68 Å².